The van der Waals surface area contributed by atoms with E-state index in [-0.39, 0.29) is 19.8 Å². The fourth-order valence-electron chi connectivity index (χ4n) is 9.12. The first kappa shape index (κ1) is 39.3. The zero-order valence-corrected chi connectivity index (χ0v) is 32.8. The van der Waals surface area contributed by atoms with Gasteiger partial charge in [-0.1, -0.05) is 121 Å². The zero-order valence-electron chi connectivity index (χ0n) is 32.8. The second-order valence-corrected chi connectivity index (χ2v) is 15.1. The number of esters is 1. The van der Waals surface area contributed by atoms with Crippen LogP contribution in [-0.4, -0.2) is 72.1 Å². The van der Waals surface area contributed by atoms with Crippen LogP contribution < -0.4 is 15.4 Å². The highest BCUT2D eigenvalue weighted by atomic mass is 16.6. The molecule has 2 amide bonds. The molecule has 2 saturated heterocycles. The minimum atomic E-state index is -1.67. The minimum absolute atomic E-state index is 0.0547. The van der Waals surface area contributed by atoms with Gasteiger partial charge < -0.3 is 25.2 Å². The molecule has 0 bridgehead atoms. The number of nitrogens with zero attached hydrogens (tertiary/aromatic N) is 2. The minimum Gasteiger partial charge on any atom is -0.491 e. The van der Waals surface area contributed by atoms with Gasteiger partial charge in [0.1, 0.15) is 29.9 Å². The predicted molar refractivity (Wildman–Crippen MR) is 225 cm³/mol. The highest BCUT2D eigenvalue weighted by Gasteiger charge is 2.74. The van der Waals surface area contributed by atoms with E-state index >= 15 is 4.79 Å². The van der Waals surface area contributed by atoms with E-state index in [2.05, 4.69) is 46.1 Å². The Bertz CT molecular complexity index is 2400. The number of fused-ring (bicyclic) bond motifs is 3. The third kappa shape index (κ3) is 7.41. The first-order valence-corrected chi connectivity index (χ1v) is 19.8. The number of anilines is 1. The van der Waals surface area contributed by atoms with Gasteiger partial charge in [0, 0.05) is 24.3 Å². The number of ether oxygens (including phenoxy) is 2. The van der Waals surface area contributed by atoms with Crippen LogP contribution in [0.3, 0.4) is 0 Å². The van der Waals surface area contributed by atoms with Gasteiger partial charge in [-0.2, -0.15) is 0 Å². The molecule has 10 nitrogen and oxygen atoms in total. The first-order valence-electron chi connectivity index (χ1n) is 19.8. The van der Waals surface area contributed by atoms with Crippen LogP contribution in [0.4, 0.5) is 5.69 Å². The molecule has 3 aliphatic heterocycles. The van der Waals surface area contributed by atoms with Crippen molar-refractivity contribution in [2.75, 3.05) is 38.7 Å². The smallest absolute Gasteiger partial charge is 0.324 e. The molecule has 3 N–H and O–H groups in total. The summed E-state index contributed by atoms with van der Waals surface area (Å²) in [7, 11) is 2.01. The number of benzene rings is 5. The van der Waals surface area contributed by atoms with E-state index in [1.165, 1.54) is 5.56 Å². The number of amides is 2. The lowest BCUT2D eigenvalue weighted by molar-refractivity contribution is -0.178. The van der Waals surface area contributed by atoms with Crippen LogP contribution in [0.5, 0.6) is 5.75 Å². The molecule has 6 unspecified atom stereocenters. The van der Waals surface area contributed by atoms with E-state index in [1.54, 1.807) is 12.1 Å². The highest BCUT2D eigenvalue weighted by molar-refractivity contribution is 6.12. The van der Waals surface area contributed by atoms with Crippen molar-refractivity contribution >= 4 is 23.5 Å². The van der Waals surface area contributed by atoms with Crippen molar-refractivity contribution in [3.05, 3.63) is 179 Å². The number of rotatable bonds is 12. The molecule has 5 aromatic carbocycles. The monoisotopic (exact) mass is 786 g/mol. The summed E-state index contributed by atoms with van der Waals surface area (Å²) in [5, 5.41) is 15.7. The number of nitrogens with one attached hydrogen (secondary N) is 2. The molecule has 59 heavy (non-hydrogen) atoms. The lowest BCUT2D eigenvalue weighted by Crippen LogP contribution is -2.54. The van der Waals surface area contributed by atoms with Crippen molar-refractivity contribution in [3.8, 4) is 17.6 Å². The van der Waals surface area contributed by atoms with E-state index in [0.29, 0.717) is 34.7 Å². The number of morpholine rings is 1. The van der Waals surface area contributed by atoms with Gasteiger partial charge >= 0.3 is 5.97 Å². The first-order chi connectivity index (χ1) is 28.8. The second-order valence-electron chi connectivity index (χ2n) is 15.1. The predicted octanol–water partition coefficient (Wildman–Crippen LogP) is 6.11. The van der Waals surface area contributed by atoms with Gasteiger partial charge in [-0.15, -0.1) is 6.58 Å². The average molecular weight is 787 g/mol. The van der Waals surface area contributed by atoms with E-state index in [1.807, 2.05) is 127 Å². The number of hydrogen-bond acceptors (Lipinski definition) is 8. The SMILES string of the molecule is C=CCNC(=O)C1C2C(=O)OC(c3ccccc3)C(c3ccccc3)N2C(c2cccc(OCCO)c2)C12C(=O)Nc1ccc(C#CCN(C)Cc3ccccc3)cc12. The lowest BCUT2D eigenvalue weighted by atomic mass is 9.65. The normalized spacial score (nSPS) is 23.1. The van der Waals surface area contributed by atoms with Gasteiger partial charge in [0.2, 0.25) is 11.8 Å². The van der Waals surface area contributed by atoms with E-state index in [0.717, 1.165) is 17.7 Å². The molecule has 3 heterocycles. The van der Waals surface area contributed by atoms with Crippen LogP contribution in [0.15, 0.2) is 146 Å². The summed E-state index contributed by atoms with van der Waals surface area (Å²) in [6.45, 7) is 5.01. The Morgan fingerprint density at radius 2 is 1.61 bits per heavy atom. The number of carbonyl (C=O) groups excluding carboxylic acids is 3. The molecule has 6 atom stereocenters. The third-order valence-corrected chi connectivity index (χ3v) is 11.4. The Labute approximate surface area is 344 Å². The molecule has 0 aliphatic carbocycles. The van der Waals surface area contributed by atoms with Gasteiger partial charge in [0.05, 0.1) is 31.2 Å². The maximum Gasteiger partial charge on any atom is 0.324 e. The number of hydrogen-bond donors (Lipinski definition) is 3. The van der Waals surface area contributed by atoms with Crippen LogP contribution in [0.25, 0.3) is 0 Å². The molecular formula is C49H46N4O6. The Hall–Kier alpha value is -6.51. The summed E-state index contributed by atoms with van der Waals surface area (Å²) in [5.74, 6) is 4.31. The third-order valence-electron chi connectivity index (χ3n) is 11.4. The topological polar surface area (TPSA) is 120 Å². The molecule has 0 radical (unpaired) electrons. The molecule has 298 valence electrons. The van der Waals surface area contributed by atoms with Crippen LogP contribution >= 0.6 is 0 Å². The number of carbonyl (C=O) groups is 3. The van der Waals surface area contributed by atoms with Gasteiger partial charge in [0.15, 0.2) is 0 Å². The number of cyclic esters (lactones) is 1. The lowest BCUT2D eigenvalue weighted by Gasteiger charge is -2.46. The van der Waals surface area contributed by atoms with Crippen molar-refractivity contribution in [1.29, 1.82) is 0 Å². The van der Waals surface area contributed by atoms with Gasteiger partial charge in [-0.25, -0.2) is 0 Å². The summed E-state index contributed by atoms with van der Waals surface area (Å²) in [5.41, 5.74) is 3.52. The number of aliphatic hydroxyl groups is 1. The quantitative estimate of drug-likeness (QED) is 0.0788. The second kappa shape index (κ2) is 17.1. The molecule has 3 aliphatic rings. The van der Waals surface area contributed by atoms with Gasteiger partial charge in [-0.05, 0) is 65.2 Å². The molecule has 0 saturated carbocycles. The van der Waals surface area contributed by atoms with Crippen molar-refractivity contribution in [2.24, 2.45) is 5.92 Å². The van der Waals surface area contributed by atoms with E-state index < -0.39 is 53.3 Å². The summed E-state index contributed by atoms with van der Waals surface area (Å²) in [4.78, 5) is 49.3. The van der Waals surface area contributed by atoms with Crippen LogP contribution in [-0.2, 0) is 31.1 Å². The Balaban J connectivity index is 1.34. The summed E-state index contributed by atoms with van der Waals surface area (Å²) in [6.07, 6.45) is 0.777. The molecule has 10 heteroatoms. The van der Waals surface area contributed by atoms with Crippen molar-refractivity contribution in [2.45, 2.75) is 36.2 Å². The highest BCUT2D eigenvalue weighted by Crippen LogP contribution is 2.65. The molecule has 8 rings (SSSR count). The standard InChI is InChI=1S/C49H46N4O6/c1-3-26-50-46(55)41-43-47(56)59-44(36-20-11-6-12-21-36)42(35-18-9-5-10-19-35)53(43)45(37-22-13-23-38(31-37)58-29-28-54)49(41)39-30-33(24-25-40(39)51-48(49)57)17-14-27-52(2)32-34-15-7-4-8-16-34/h3-13,15-16,18-25,30-31,41-45,54H,1,26-29,32H2,2H3,(H,50,55)(H,51,57). The maximum absolute atomic E-state index is 15.3. The van der Waals surface area contributed by atoms with E-state index in [4.69, 9.17) is 9.47 Å². The van der Waals surface area contributed by atoms with Crippen LogP contribution in [0, 0.1) is 17.8 Å². The Morgan fingerprint density at radius 3 is 2.32 bits per heavy atom. The molecule has 1 spiro atoms. The molecule has 2 fully saturated rings. The fourth-order valence-corrected chi connectivity index (χ4v) is 9.12. The zero-order chi connectivity index (χ0) is 40.9. The summed E-state index contributed by atoms with van der Waals surface area (Å²) < 4.78 is 12.4. The summed E-state index contributed by atoms with van der Waals surface area (Å²) >= 11 is 0. The molecule has 0 aromatic heterocycles. The molecular weight excluding hydrogens is 741 g/mol. The Morgan fingerprint density at radius 1 is 0.915 bits per heavy atom. The largest absolute Gasteiger partial charge is 0.491 e. The van der Waals surface area contributed by atoms with Crippen molar-refractivity contribution < 1.29 is 29.0 Å². The summed E-state index contributed by atoms with van der Waals surface area (Å²) in [6, 6.07) is 39.7. The number of aliphatic hydroxyl groups excluding tert-OH is 1. The van der Waals surface area contributed by atoms with Gasteiger partial charge in [0.25, 0.3) is 0 Å². The van der Waals surface area contributed by atoms with E-state index in [9.17, 15) is 14.7 Å². The van der Waals surface area contributed by atoms with Crippen molar-refractivity contribution in [3.63, 3.8) is 0 Å². The van der Waals surface area contributed by atoms with Gasteiger partial charge in [-0.3, -0.25) is 24.2 Å². The van der Waals surface area contributed by atoms with Crippen LogP contribution in [0.1, 0.15) is 51.6 Å². The average Bonchev–Trinajstić information content (AvgIpc) is 3.74. The maximum atomic E-state index is 15.3. The Kier molecular flexibility index (Phi) is 11.4. The fraction of sp³-hybridized carbons (Fsp3) is 0.245. The molecule has 5 aromatic rings. The van der Waals surface area contributed by atoms with Crippen LogP contribution in [0.2, 0.25) is 0 Å². The van der Waals surface area contributed by atoms with Crippen molar-refractivity contribution in [1.82, 2.24) is 15.1 Å².